The Bertz CT molecular complexity index is 1040. The lowest BCUT2D eigenvalue weighted by Crippen LogP contribution is -2.41. The summed E-state index contributed by atoms with van der Waals surface area (Å²) in [4.78, 5) is 12.9. The van der Waals surface area contributed by atoms with Crippen molar-refractivity contribution in [2.24, 2.45) is 11.0 Å². The Balaban J connectivity index is 1.13. The number of anilines is 2. The van der Waals surface area contributed by atoms with Crippen molar-refractivity contribution in [2.75, 3.05) is 42.3 Å². The van der Waals surface area contributed by atoms with E-state index in [2.05, 4.69) is 20.7 Å². The Labute approximate surface area is 195 Å². The molecule has 0 radical (unpaired) electrons. The summed E-state index contributed by atoms with van der Waals surface area (Å²) in [7, 11) is -1.02. The van der Waals surface area contributed by atoms with Gasteiger partial charge in [0.05, 0.1) is 28.8 Å². The van der Waals surface area contributed by atoms with Gasteiger partial charge in [-0.05, 0) is 43.7 Å². The van der Waals surface area contributed by atoms with Crippen LogP contribution in [0.1, 0.15) is 43.6 Å². The number of ether oxygens (including phenoxy) is 1. The number of hydrogen-bond donors (Lipinski definition) is 2. The predicted octanol–water partition coefficient (Wildman–Crippen LogP) is 2.31. The minimum atomic E-state index is -1.02. The number of piperidine rings is 1. The maximum absolute atomic E-state index is 12.6. The van der Waals surface area contributed by atoms with Crippen LogP contribution < -0.4 is 15.6 Å². The second-order valence-electron chi connectivity index (χ2n) is 9.28. The van der Waals surface area contributed by atoms with E-state index < -0.39 is 10.8 Å². The van der Waals surface area contributed by atoms with Crippen LogP contribution in [0, 0.1) is 5.92 Å². The SMILES string of the molecule is O=S1CCc2nc(N3CCC(C4CC(c5ccco5)=NN4)CC3)nc(NC3CCOCC3)c21. The first-order valence-electron chi connectivity index (χ1n) is 12.0. The van der Waals surface area contributed by atoms with Crippen LogP contribution in [0.4, 0.5) is 11.8 Å². The molecule has 6 heterocycles. The van der Waals surface area contributed by atoms with Gasteiger partial charge < -0.3 is 24.8 Å². The fourth-order valence-electron chi connectivity index (χ4n) is 5.29. The van der Waals surface area contributed by atoms with Crippen LogP contribution in [0.15, 0.2) is 32.8 Å². The normalized spacial score (nSPS) is 26.2. The molecule has 2 saturated heterocycles. The molecule has 0 aromatic carbocycles. The minimum Gasteiger partial charge on any atom is -0.463 e. The van der Waals surface area contributed by atoms with E-state index in [1.807, 2.05) is 12.1 Å². The predicted molar refractivity (Wildman–Crippen MR) is 126 cm³/mol. The number of nitrogens with zero attached hydrogens (tertiary/aromatic N) is 4. The van der Waals surface area contributed by atoms with Crippen molar-refractivity contribution in [3.05, 3.63) is 29.9 Å². The van der Waals surface area contributed by atoms with Gasteiger partial charge in [-0.3, -0.25) is 4.21 Å². The highest BCUT2D eigenvalue weighted by Gasteiger charge is 2.33. The maximum atomic E-state index is 12.6. The molecule has 0 saturated carbocycles. The monoisotopic (exact) mass is 470 g/mol. The Kier molecular flexibility index (Phi) is 5.79. The van der Waals surface area contributed by atoms with Crippen molar-refractivity contribution in [2.45, 2.75) is 55.5 Å². The van der Waals surface area contributed by atoms with E-state index in [0.29, 0.717) is 23.8 Å². The van der Waals surface area contributed by atoms with Crippen molar-refractivity contribution < 1.29 is 13.4 Å². The molecule has 9 nitrogen and oxygen atoms in total. The lowest BCUT2D eigenvalue weighted by molar-refractivity contribution is 0.0903. The van der Waals surface area contributed by atoms with Crippen molar-refractivity contribution in [3.63, 3.8) is 0 Å². The van der Waals surface area contributed by atoms with Gasteiger partial charge in [0.15, 0.2) is 0 Å². The van der Waals surface area contributed by atoms with Crippen molar-refractivity contribution >= 4 is 28.3 Å². The fourth-order valence-corrected chi connectivity index (χ4v) is 6.60. The second kappa shape index (κ2) is 9.06. The van der Waals surface area contributed by atoms with Gasteiger partial charge in [0, 0.05) is 50.9 Å². The topological polar surface area (TPSA) is 105 Å². The summed E-state index contributed by atoms with van der Waals surface area (Å²) in [5, 5.41) is 8.09. The standard InChI is InChI=1S/C23H30N6O3S/c30-33-13-7-17-21(33)22(24-16-5-11-31-12-6-16)26-23(25-17)29-8-3-15(4-9-29)18-14-19(28-27-18)20-2-1-10-32-20/h1-2,10,15-16,18,27H,3-9,11-14H2,(H,24,25,26). The van der Waals surface area contributed by atoms with Crippen LogP contribution in [-0.4, -0.2) is 64.0 Å². The molecule has 2 unspecified atom stereocenters. The van der Waals surface area contributed by atoms with E-state index >= 15 is 0 Å². The molecule has 2 atom stereocenters. The number of aromatic nitrogens is 2. The van der Waals surface area contributed by atoms with Crippen LogP contribution in [0.5, 0.6) is 0 Å². The second-order valence-corrected chi connectivity index (χ2v) is 10.8. The fraction of sp³-hybridized carbons (Fsp3) is 0.609. The molecule has 2 aromatic rings. The lowest BCUT2D eigenvalue weighted by Gasteiger charge is -2.35. The van der Waals surface area contributed by atoms with Crippen LogP contribution in [0.3, 0.4) is 0 Å². The van der Waals surface area contributed by atoms with E-state index in [1.165, 1.54) is 0 Å². The van der Waals surface area contributed by atoms with Gasteiger partial charge in [-0.2, -0.15) is 10.1 Å². The Morgan fingerprint density at radius 2 is 2.00 bits per heavy atom. The molecule has 33 heavy (non-hydrogen) atoms. The summed E-state index contributed by atoms with van der Waals surface area (Å²) in [5.41, 5.74) is 5.29. The average Bonchev–Trinajstić information content (AvgIpc) is 3.61. The van der Waals surface area contributed by atoms with Crippen molar-refractivity contribution in [3.8, 4) is 0 Å². The van der Waals surface area contributed by atoms with Crippen molar-refractivity contribution in [1.29, 1.82) is 0 Å². The van der Waals surface area contributed by atoms with Gasteiger partial charge in [-0.15, -0.1) is 0 Å². The lowest BCUT2D eigenvalue weighted by atomic mass is 9.87. The number of rotatable bonds is 5. The van der Waals surface area contributed by atoms with Crippen LogP contribution in [0.2, 0.25) is 0 Å². The minimum absolute atomic E-state index is 0.311. The van der Waals surface area contributed by atoms with Crippen molar-refractivity contribution in [1.82, 2.24) is 15.4 Å². The third kappa shape index (κ3) is 4.26. The summed E-state index contributed by atoms with van der Waals surface area (Å²) in [5.74, 6) is 3.60. The summed E-state index contributed by atoms with van der Waals surface area (Å²) in [6.07, 6.45) is 7.38. The van der Waals surface area contributed by atoms with Crippen LogP contribution >= 0.6 is 0 Å². The number of furan rings is 1. The number of aryl methyl sites for hydroxylation is 1. The molecule has 0 spiro atoms. The van der Waals surface area contributed by atoms with E-state index in [1.54, 1.807) is 6.26 Å². The molecule has 0 bridgehead atoms. The molecule has 0 aliphatic carbocycles. The molecule has 4 aliphatic rings. The highest BCUT2D eigenvalue weighted by molar-refractivity contribution is 7.85. The largest absolute Gasteiger partial charge is 0.463 e. The third-order valence-electron chi connectivity index (χ3n) is 7.21. The van der Waals surface area contributed by atoms with E-state index in [0.717, 1.165) is 98.7 Å². The first-order chi connectivity index (χ1) is 16.2. The molecular formula is C23H30N6O3S. The zero-order valence-electron chi connectivity index (χ0n) is 18.7. The highest BCUT2D eigenvalue weighted by atomic mass is 32.2. The molecule has 2 fully saturated rings. The number of nitrogens with one attached hydrogen (secondary N) is 2. The Hall–Kier alpha value is -2.46. The average molecular weight is 471 g/mol. The van der Waals surface area contributed by atoms with Gasteiger partial charge in [0.25, 0.3) is 0 Å². The summed E-state index contributed by atoms with van der Waals surface area (Å²) >= 11 is 0. The zero-order valence-corrected chi connectivity index (χ0v) is 19.5. The molecule has 6 rings (SSSR count). The van der Waals surface area contributed by atoms with Gasteiger partial charge in [-0.1, -0.05) is 0 Å². The first-order valence-corrected chi connectivity index (χ1v) is 13.3. The van der Waals surface area contributed by atoms with Gasteiger partial charge in [0.1, 0.15) is 22.2 Å². The molecule has 176 valence electrons. The van der Waals surface area contributed by atoms with Crippen LogP contribution in [-0.2, 0) is 22.0 Å². The molecule has 2 N–H and O–H groups in total. The van der Waals surface area contributed by atoms with E-state index in [-0.39, 0.29) is 0 Å². The molecule has 10 heteroatoms. The molecular weight excluding hydrogens is 440 g/mol. The van der Waals surface area contributed by atoms with Gasteiger partial charge in [0.2, 0.25) is 5.95 Å². The number of hydrogen-bond acceptors (Lipinski definition) is 9. The maximum Gasteiger partial charge on any atom is 0.227 e. The summed E-state index contributed by atoms with van der Waals surface area (Å²) in [6, 6.07) is 4.53. The Morgan fingerprint density at radius 3 is 2.79 bits per heavy atom. The molecule has 4 aliphatic heterocycles. The smallest absolute Gasteiger partial charge is 0.227 e. The zero-order chi connectivity index (χ0) is 22.2. The summed E-state index contributed by atoms with van der Waals surface area (Å²) < 4.78 is 23.6. The molecule has 2 aromatic heterocycles. The van der Waals surface area contributed by atoms with E-state index in [4.69, 9.17) is 19.1 Å². The number of hydrazone groups is 1. The van der Waals surface area contributed by atoms with Gasteiger partial charge >= 0.3 is 0 Å². The first kappa shape index (κ1) is 21.1. The quantitative estimate of drug-likeness (QED) is 0.686. The van der Waals surface area contributed by atoms with Crippen LogP contribution in [0.25, 0.3) is 0 Å². The third-order valence-corrected chi connectivity index (χ3v) is 8.67. The highest BCUT2D eigenvalue weighted by Crippen LogP contribution is 2.33. The Morgan fingerprint density at radius 1 is 1.15 bits per heavy atom. The van der Waals surface area contributed by atoms with Gasteiger partial charge in [-0.25, -0.2) is 4.98 Å². The summed E-state index contributed by atoms with van der Waals surface area (Å²) in [6.45, 7) is 3.35. The molecule has 0 amide bonds. The number of fused-ring (bicyclic) bond motifs is 1. The van der Waals surface area contributed by atoms with E-state index in [9.17, 15) is 4.21 Å².